The number of ether oxygens (including phenoxy) is 1. The zero-order valence-electron chi connectivity index (χ0n) is 18.8. The first-order valence-electron chi connectivity index (χ1n) is 11.9. The van der Waals surface area contributed by atoms with E-state index in [4.69, 9.17) is 10.1 Å². The molecule has 2 saturated carbocycles. The van der Waals surface area contributed by atoms with Crippen LogP contribution in [0.15, 0.2) is 30.3 Å². The van der Waals surface area contributed by atoms with Crippen molar-refractivity contribution in [2.45, 2.75) is 51.3 Å². The summed E-state index contributed by atoms with van der Waals surface area (Å²) in [6.45, 7) is 2.31. The molecule has 7 rings (SSSR count). The maximum absolute atomic E-state index is 12.5. The Morgan fingerprint density at radius 3 is 2.85 bits per heavy atom. The van der Waals surface area contributed by atoms with E-state index in [1.54, 1.807) is 23.7 Å². The fourth-order valence-electron chi connectivity index (χ4n) is 6.66. The third kappa shape index (κ3) is 3.14. The van der Waals surface area contributed by atoms with E-state index in [1.807, 2.05) is 16.8 Å². The average molecular weight is 485 g/mol. The lowest BCUT2D eigenvalue weighted by molar-refractivity contribution is -0.0498. The minimum Gasteiger partial charge on any atom is -0.435 e. The van der Waals surface area contributed by atoms with E-state index in [2.05, 4.69) is 32.3 Å². The number of aryl methyl sites for hydroxylation is 2. The third-order valence-corrected chi connectivity index (χ3v) is 9.23. The number of anilines is 2. The van der Waals surface area contributed by atoms with Crippen molar-refractivity contribution in [1.82, 2.24) is 19.1 Å². The third-order valence-electron chi connectivity index (χ3n) is 8.29. The monoisotopic (exact) mass is 484 g/mol. The molecule has 5 atom stereocenters. The van der Waals surface area contributed by atoms with E-state index in [1.165, 1.54) is 11.4 Å². The van der Waals surface area contributed by atoms with Crippen LogP contribution in [0.25, 0.3) is 0 Å². The summed E-state index contributed by atoms with van der Waals surface area (Å²) in [5, 5.41) is 9.77. The number of benzene rings is 1. The summed E-state index contributed by atoms with van der Waals surface area (Å²) in [4.78, 5) is 7.43. The first kappa shape index (κ1) is 20.6. The Morgan fingerprint density at radius 2 is 2.09 bits per heavy atom. The molecule has 34 heavy (non-hydrogen) atoms. The fourth-order valence-corrected chi connectivity index (χ4v) is 7.43. The van der Waals surface area contributed by atoms with Crippen molar-refractivity contribution in [1.29, 1.82) is 0 Å². The largest absolute Gasteiger partial charge is 0.435 e. The minimum absolute atomic E-state index is 0.107. The Morgan fingerprint density at radius 1 is 1.24 bits per heavy atom. The minimum atomic E-state index is -2.81. The quantitative estimate of drug-likeness (QED) is 0.556. The van der Waals surface area contributed by atoms with Crippen molar-refractivity contribution in [2.75, 3.05) is 23.3 Å². The van der Waals surface area contributed by atoms with Gasteiger partial charge in [0, 0.05) is 37.5 Å². The van der Waals surface area contributed by atoms with Crippen LogP contribution in [-0.4, -0.2) is 44.9 Å². The molecular weight excluding hydrogens is 458 g/mol. The van der Waals surface area contributed by atoms with Crippen molar-refractivity contribution in [3.05, 3.63) is 47.4 Å². The van der Waals surface area contributed by atoms with Gasteiger partial charge in [-0.2, -0.15) is 18.1 Å². The van der Waals surface area contributed by atoms with Gasteiger partial charge in [-0.15, -0.1) is 5.10 Å². The normalized spacial score (nSPS) is 31.0. The first-order chi connectivity index (χ1) is 16.5. The van der Waals surface area contributed by atoms with E-state index in [0.717, 1.165) is 55.5 Å². The Kier molecular flexibility index (Phi) is 4.47. The van der Waals surface area contributed by atoms with Gasteiger partial charge >= 0.3 is 6.61 Å². The summed E-state index contributed by atoms with van der Waals surface area (Å²) in [5.74, 6) is 3.28. The molecule has 0 bridgehead atoms. The number of aromatic nitrogens is 4. The fraction of sp³-hybridized carbons (Fsp3) is 0.542. The summed E-state index contributed by atoms with van der Waals surface area (Å²) in [5.41, 5.74) is 2.62. The van der Waals surface area contributed by atoms with Gasteiger partial charge in [-0.05, 0) is 72.8 Å². The molecule has 178 valence electrons. The predicted molar refractivity (Wildman–Crippen MR) is 125 cm³/mol. The lowest BCUT2D eigenvalue weighted by Crippen LogP contribution is -2.47. The van der Waals surface area contributed by atoms with Crippen LogP contribution < -0.4 is 15.0 Å². The van der Waals surface area contributed by atoms with Gasteiger partial charge in [-0.3, -0.25) is 0 Å². The zero-order chi connectivity index (χ0) is 23.0. The highest BCUT2D eigenvalue weighted by atomic mass is 32.1. The SMILES string of the molecule is Cc1cc(N2C[C@H]3[C@H](Nc4nc5n(n4)CCCC5c4ccc(OC(F)F)cc4)[C@@H]4CC34C2)sn1. The Labute approximate surface area is 200 Å². The van der Waals surface area contributed by atoms with E-state index in [-0.39, 0.29) is 11.7 Å². The molecule has 1 aromatic carbocycles. The molecule has 3 fully saturated rings. The van der Waals surface area contributed by atoms with Crippen LogP contribution in [0.1, 0.15) is 42.3 Å². The van der Waals surface area contributed by atoms with Crippen molar-refractivity contribution < 1.29 is 13.5 Å². The molecule has 1 saturated heterocycles. The Hall–Kier alpha value is -2.75. The lowest BCUT2D eigenvalue weighted by atomic mass is 9.71. The first-order valence-corrected chi connectivity index (χ1v) is 12.7. The number of alkyl halides is 2. The standard InChI is InChI=1S/C24H26F2N6OS/c1-13-9-19(34-30-13)31-11-18-20(17-10-24(17,18)12-31)27-23-28-21-16(3-2-8-32(21)29-23)14-4-6-15(7-5-14)33-22(25)26/h4-7,9,16-18,20,22H,2-3,8,10-12H2,1H3,(H,27,29)/t16?,17-,18-,20+,24?/m0/s1. The van der Waals surface area contributed by atoms with Gasteiger partial charge < -0.3 is 15.0 Å². The van der Waals surface area contributed by atoms with Gasteiger partial charge in [0.15, 0.2) is 0 Å². The lowest BCUT2D eigenvalue weighted by Gasteiger charge is -2.38. The second-order valence-corrected chi connectivity index (χ2v) is 10.9. The number of rotatable bonds is 6. The highest BCUT2D eigenvalue weighted by Crippen LogP contribution is 2.74. The molecule has 10 heteroatoms. The molecule has 2 aromatic heterocycles. The van der Waals surface area contributed by atoms with E-state index in [0.29, 0.717) is 23.3 Å². The van der Waals surface area contributed by atoms with E-state index < -0.39 is 6.61 Å². The number of halogens is 2. The van der Waals surface area contributed by atoms with Crippen molar-refractivity contribution in [3.8, 4) is 5.75 Å². The second-order valence-electron chi connectivity index (χ2n) is 10.2. The highest BCUT2D eigenvalue weighted by Gasteiger charge is 2.76. The van der Waals surface area contributed by atoms with Gasteiger partial charge in [0.05, 0.1) is 5.69 Å². The van der Waals surface area contributed by atoms with Crippen LogP contribution in [0.3, 0.4) is 0 Å². The molecule has 2 unspecified atom stereocenters. The number of fused-ring (bicyclic) bond motifs is 1. The van der Waals surface area contributed by atoms with Crippen LogP contribution in [0, 0.1) is 24.2 Å². The number of nitrogens with zero attached hydrogens (tertiary/aromatic N) is 5. The van der Waals surface area contributed by atoms with Crippen LogP contribution in [-0.2, 0) is 6.54 Å². The van der Waals surface area contributed by atoms with Crippen molar-refractivity contribution in [2.24, 2.45) is 17.3 Å². The van der Waals surface area contributed by atoms with E-state index in [9.17, 15) is 8.78 Å². The molecule has 7 nitrogen and oxygen atoms in total. The smallest absolute Gasteiger partial charge is 0.387 e. The number of hydrogen-bond donors (Lipinski definition) is 1. The maximum atomic E-state index is 12.5. The average Bonchev–Trinajstić information content (AvgIpc) is 3.15. The molecular formula is C24H26F2N6OS. The Balaban J connectivity index is 1.07. The van der Waals surface area contributed by atoms with Crippen LogP contribution >= 0.6 is 11.5 Å². The molecule has 1 N–H and O–H groups in total. The molecule has 2 aliphatic heterocycles. The van der Waals surface area contributed by atoms with Crippen LogP contribution in [0.5, 0.6) is 5.75 Å². The van der Waals surface area contributed by atoms with Gasteiger partial charge in [0.2, 0.25) is 5.95 Å². The highest BCUT2D eigenvalue weighted by molar-refractivity contribution is 7.10. The van der Waals surface area contributed by atoms with E-state index >= 15 is 0 Å². The van der Waals surface area contributed by atoms with Gasteiger partial charge in [-0.1, -0.05) is 12.1 Å². The second kappa shape index (κ2) is 7.37. The maximum Gasteiger partial charge on any atom is 0.387 e. The molecule has 4 heterocycles. The summed E-state index contributed by atoms with van der Waals surface area (Å²) >= 11 is 1.60. The number of hydrogen-bond acceptors (Lipinski definition) is 7. The number of nitrogens with one attached hydrogen (secondary N) is 1. The summed E-state index contributed by atoms with van der Waals surface area (Å²) in [6, 6.07) is 9.55. The van der Waals surface area contributed by atoms with Crippen LogP contribution in [0.4, 0.5) is 19.7 Å². The van der Waals surface area contributed by atoms with Gasteiger partial charge in [-0.25, -0.2) is 4.68 Å². The summed E-state index contributed by atoms with van der Waals surface area (Å²) in [6.07, 6.45) is 3.26. The van der Waals surface area contributed by atoms with Gasteiger partial charge in [0.25, 0.3) is 0 Å². The molecule has 0 radical (unpaired) electrons. The zero-order valence-corrected chi connectivity index (χ0v) is 19.6. The Bertz CT molecular complexity index is 1230. The van der Waals surface area contributed by atoms with Crippen molar-refractivity contribution >= 4 is 22.5 Å². The predicted octanol–water partition coefficient (Wildman–Crippen LogP) is 4.51. The summed E-state index contributed by atoms with van der Waals surface area (Å²) < 4.78 is 35.9. The molecule has 0 amide bonds. The van der Waals surface area contributed by atoms with Crippen molar-refractivity contribution in [3.63, 3.8) is 0 Å². The topological polar surface area (TPSA) is 68.1 Å². The molecule has 1 spiro atoms. The molecule has 4 aliphatic rings. The van der Waals surface area contributed by atoms with Gasteiger partial charge in [0.1, 0.15) is 16.6 Å². The molecule has 3 aromatic rings. The summed E-state index contributed by atoms with van der Waals surface area (Å²) in [7, 11) is 0. The molecule has 2 aliphatic carbocycles. The van der Waals surface area contributed by atoms with Crippen LogP contribution in [0.2, 0.25) is 0 Å².